The minimum Gasteiger partial charge on any atom is -0.462 e. The molecule has 0 aliphatic rings. The summed E-state index contributed by atoms with van der Waals surface area (Å²) in [6.45, 7) is 6.53. The molecule has 0 aromatic carbocycles. The Kier molecular flexibility index (Phi) is 59.3. The van der Waals surface area contributed by atoms with Gasteiger partial charge in [0.1, 0.15) is 13.2 Å². The van der Waals surface area contributed by atoms with Gasteiger partial charge in [-0.3, -0.25) is 14.4 Å². The maximum atomic E-state index is 12.9. The van der Waals surface area contributed by atoms with Crippen LogP contribution in [0.4, 0.5) is 0 Å². The summed E-state index contributed by atoms with van der Waals surface area (Å²) in [5.41, 5.74) is 0. The van der Waals surface area contributed by atoms with Gasteiger partial charge in [-0.1, -0.05) is 279 Å². The second kappa shape index (κ2) is 62.1. The van der Waals surface area contributed by atoms with Gasteiger partial charge in [0.25, 0.3) is 0 Å². The van der Waals surface area contributed by atoms with E-state index in [1.165, 1.54) is 154 Å². The molecule has 6 nitrogen and oxygen atoms in total. The van der Waals surface area contributed by atoms with Gasteiger partial charge in [-0.05, 0) is 96.3 Å². The molecule has 0 N–H and O–H groups in total. The number of rotatable bonds is 57. The number of ether oxygens (including phenoxy) is 3. The molecule has 0 radical (unpaired) electrons. The largest absolute Gasteiger partial charge is 0.462 e. The predicted octanol–water partition coefficient (Wildman–Crippen LogP) is 21.5. The average molecular weight is 1030 g/mol. The Bertz CT molecular complexity index is 1420. The van der Waals surface area contributed by atoms with E-state index in [4.69, 9.17) is 14.2 Å². The van der Waals surface area contributed by atoms with Crippen molar-refractivity contribution in [3.63, 3.8) is 0 Å². The van der Waals surface area contributed by atoms with E-state index in [1.54, 1.807) is 0 Å². The maximum Gasteiger partial charge on any atom is 0.306 e. The molecule has 0 spiro atoms. The lowest BCUT2D eigenvalue weighted by Crippen LogP contribution is -2.30. The molecule has 0 fully saturated rings. The van der Waals surface area contributed by atoms with Crippen molar-refractivity contribution in [2.24, 2.45) is 0 Å². The van der Waals surface area contributed by atoms with Crippen LogP contribution in [0.2, 0.25) is 0 Å². The molecular formula is C68H118O6. The van der Waals surface area contributed by atoms with Gasteiger partial charge in [0.05, 0.1) is 0 Å². The molecule has 6 heteroatoms. The number of esters is 3. The van der Waals surface area contributed by atoms with Crippen molar-refractivity contribution in [1.82, 2.24) is 0 Å². The topological polar surface area (TPSA) is 78.9 Å². The SMILES string of the molecule is CC/C=C\C/C=C\C/C=C\C/C=C\CCCCCCCCC(=O)OC(COC(=O)CCCCCCCC/C=C\C/C=C\C/C=C\CCCCCCC)COC(=O)CCCCCCCCCCCCCCCCCC. The fraction of sp³-hybridized carbons (Fsp3) is 0.750. The number of carbonyl (C=O) groups excluding carboxylic acids is 3. The van der Waals surface area contributed by atoms with Crippen molar-refractivity contribution in [1.29, 1.82) is 0 Å². The minimum absolute atomic E-state index is 0.0845. The molecule has 0 aliphatic heterocycles. The zero-order chi connectivity index (χ0) is 53.6. The fourth-order valence-electron chi connectivity index (χ4n) is 8.91. The zero-order valence-corrected chi connectivity index (χ0v) is 48.8. The highest BCUT2D eigenvalue weighted by molar-refractivity contribution is 5.71. The third kappa shape index (κ3) is 59.5. The van der Waals surface area contributed by atoms with Gasteiger partial charge in [-0.15, -0.1) is 0 Å². The second-order valence-electron chi connectivity index (χ2n) is 20.9. The molecule has 426 valence electrons. The minimum atomic E-state index is -0.790. The lowest BCUT2D eigenvalue weighted by Gasteiger charge is -2.18. The van der Waals surface area contributed by atoms with Crippen LogP contribution in [0.25, 0.3) is 0 Å². The van der Waals surface area contributed by atoms with Crippen LogP contribution in [0, 0.1) is 0 Å². The van der Waals surface area contributed by atoms with Crippen LogP contribution in [0.15, 0.2) is 85.1 Å². The van der Waals surface area contributed by atoms with E-state index in [-0.39, 0.29) is 31.1 Å². The van der Waals surface area contributed by atoms with Crippen LogP contribution in [-0.4, -0.2) is 37.2 Å². The molecule has 1 unspecified atom stereocenters. The van der Waals surface area contributed by atoms with E-state index in [0.717, 1.165) is 116 Å². The van der Waals surface area contributed by atoms with Crippen LogP contribution in [0.3, 0.4) is 0 Å². The summed E-state index contributed by atoms with van der Waals surface area (Å²) in [4.78, 5) is 38.3. The van der Waals surface area contributed by atoms with Crippen LogP contribution in [-0.2, 0) is 28.6 Å². The Balaban J connectivity index is 4.42. The first-order chi connectivity index (χ1) is 36.5. The van der Waals surface area contributed by atoms with Crippen LogP contribution in [0.1, 0.15) is 310 Å². The average Bonchev–Trinajstić information content (AvgIpc) is 3.40. The van der Waals surface area contributed by atoms with E-state index in [0.29, 0.717) is 19.3 Å². The van der Waals surface area contributed by atoms with Crippen molar-refractivity contribution < 1.29 is 28.6 Å². The molecule has 0 heterocycles. The molecule has 0 aromatic heterocycles. The first-order valence-electron chi connectivity index (χ1n) is 31.6. The molecule has 0 saturated carbocycles. The summed E-state index contributed by atoms with van der Waals surface area (Å²) >= 11 is 0. The van der Waals surface area contributed by atoms with Crippen molar-refractivity contribution in [2.75, 3.05) is 13.2 Å². The molecule has 0 bridgehead atoms. The lowest BCUT2D eigenvalue weighted by molar-refractivity contribution is -0.167. The van der Waals surface area contributed by atoms with Gasteiger partial charge in [0, 0.05) is 19.3 Å². The number of hydrogen-bond donors (Lipinski definition) is 0. The van der Waals surface area contributed by atoms with Crippen molar-refractivity contribution in [3.05, 3.63) is 85.1 Å². The molecule has 0 saturated heterocycles. The number of hydrogen-bond acceptors (Lipinski definition) is 6. The zero-order valence-electron chi connectivity index (χ0n) is 48.8. The highest BCUT2D eigenvalue weighted by Crippen LogP contribution is 2.16. The normalized spacial score (nSPS) is 12.6. The summed E-state index contributed by atoms with van der Waals surface area (Å²) < 4.78 is 16.9. The van der Waals surface area contributed by atoms with Gasteiger partial charge in [0.15, 0.2) is 6.10 Å². The first kappa shape index (κ1) is 70.6. The van der Waals surface area contributed by atoms with Gasteiger partial charge in [0.2, 0.25) is 0 Å². The summed E-state index contributed by atoms with van der Waals surface area (Å²) in [6, 6.07) is 0. The van der Waals surface area contributed by atoms with Crippen LogP contribution in [0.5, 0.6) is 0 Å². The monoisotopic (exact) mass is 1030 g/mol. The second-order valence-corrected chi connectivity index (χ2v) is 20.9. The standard InChI is InChI=1S/C68H118O6/c1-4-7-10-13-16-19-22-25-28-31-33-34-36-37-40-43-46-49-52-55-58-61-67(70)73-64-65(63-72-66(69)60-57-54-51-48-45-42-39-30-27-24-21-18-15-12-9-6-3)74-68(71)62-59-56-53-50-47-44-41-38-35-32-29-26-23-20-17-14-11-8-5-2/h8,11,17,20,22,25-26,29,31,33,35-38,65H,4-7,9-10,12-16,18-19,21,23-24,27-28,30,32,34,39-64H2,1-3H3/b11-8-,20-17-,25-22-,29-26-,33-31-,37-36-,38-35-. The van der Waals surface area contributed by atoms with Gasteiger partial charge >= 0.3 is 17.9 Å². The van der Waals surface area contributed by atoms with E-state index < -0.39 is 6.10 Å². The maximum absolute atomic E-state index is 12.9. The third-order valence-electron chi connectivity index (χ3n) is 13.6. The summed E-state index contributed by atoms with van der Waals surface area (Å²) in [5, 5.41) is 0. The van der Waals surface area contributed by atoms with Gasteiger partial charge < -0.3 is 14.2 Å². The molecule has 0 aromatic rings. The van der Waals surface area contributed by atoms with Gasteiger partial charge in [-0.25, -0.2) is 0 Å². The fourth-order valence-corrected chi connectivity index (χ4v) is 8.91. The predicted molar refractivity (Wildman–Crippen MR) is 321 cm³/mol. The number of unbranched alkanes of at least 4 members (excludes halogenated alkanes) is 32. The molecule has 0 rings (SSSR count). The van der Waals surface area contributed by atoms with E-state index in [9.17, 15) is 14.4 Å². The highest BCUT2D eigenvalue weighted by Gasteiger charge is 2.19. The third-order valence-corrected chi connectivity index (χ3v) is 13.6. The van der Waals surface area contributed by atoms with E-state index in [1.807, 2.05) is 0 Å². The quantitative estimate of drug-likeness (QED) is 0.0261. The summed E-state index contributed by atoms with van der Waals surface area (Å²) in [5.74, 6) is -0.899. The Labute approximate surface area is 458 Å². The first-order valence-corrected chi connectivity index (χ1v) is 31.6. The van der Waals surface area contributed by atoms with Crippen LogP contribution >= 0.6 is 0 Å². The Morgan fingerprint density at radius 1 is 0.284 bits per heavy atom. The van der Waals surface area contributed by atoms with Gasteiger partial charge in [-0.2, -0.15) is 0 Å². The summed E-state index contributed by atoms with van der Waals surface area (Å²) in [6.07, 6.45) is 81.5. The molecule has 0 amide bonds. The molecule has 74 heavy (non-hydrogen) atoms. The molecule has 1 atom stereocenters. The smallest absolute Gasteiger partial charge is 0.306 e. The Hall–Kier alpha value is -3.41. The number of allylic oxidation sites excluding steroid dienone is 14. The van der Waals surface area contributed by atoms with E-state index >= 15 is 0 Å². The van der Waals surface area contributed by atoms with Crippen molar-refractivity contribution >= 4 is 17.9 Å². The van der Waals surface area contributed by atoms with Crippen LogP contribution < -0.4 is 0 Å². The van der Waals surface area contributed by atoms with Crippen molar-refractivity contribution in [2.45, 2.75) is 316 Å². The summed E-state index contributed by atoms with van der Waals surface area (Å²) in [7, 11) is 0. The Morgan fingerprint density at radius 3 is 0.824 bits per heavy atom. The number of carbonyl (C=O) groups is 3. The highest BCUT2D eigenvalue weighted by atomic mass is 16.6. The van der Waals surface area contributed by atoms with E-state index in [2.05, 4.69) is 106 Å². The molecule has 0 aliphatic carbocycles. The lowest BCUT2D eigenvalue weighted by atomic mass is 10.0. The molecular weight excluding hydrogens is 913 g/mol. The Morgan fingerprint density at radius 2 is 0.527 bits per heavy atom. The van der Waals surface area contributed by atoms with Crippen molar-refractivity contribution in [3.8, 4) is 0 Å².